The van der Waals surface area contributed by atoms with Gasteiger partial charge in [0, 0.05) is 0 Å². The highest BCUT2D eigenvalue weighted by molar-refractivity contribution is 5.76. The van der Waals surface area contributed by atoms with Crippen molar-refractivity contribution in [3.05, 3.63) is 0 Å². The number of nitrogens with one attached hydrogen (secondary N) is 1. The van der Waals surface area contributed by atoms with E-state index in [1.165, 1.54) is 6.92 Å². The Hall–Kier alpha value is -0.610. The van der Waals surface area contributed by atoms with E-state index in [1.54, 1.807) is 0 Å². The van der Waals surface area contributed by atoms with Gasteiger partial charge in [-0.25, -0.2) is 0 Å². The first-order valence-electron chi connectivity index (χ1n) is 2.25. The largest absolute Gasteiger partial charge is 0.387 e. The molecule has 0 aromatic heterocycles. The van der Waals surface area contributed by atoms with Crippen LogP contribution in [0.3, 0.4) is 0 Å². The van der Waals surface area contributed by atoms with E-state index in [0.29, 0.717) is 0 Å². The Kier molecular flexibility index (Phi) is 3.14. The molecule has 3 N–H and O–H groups in total. The molecular formula is C4H9NO3. The molecule has 0 saturated carbocycles. The van der Waals surface area contributed by atoms with Crippen molar-refractivity contribution in [2.24, 2.45) is 0 Å². The van der Waals surface area contributed by atoms with Crippen molar-refractivity contribution in [2.75, 3.05) is 6.61 Å². The fraction of sp³-hybridized carbons (Fsp3) is 0.750. The zero-order valence-corrected chi connectivity index (χ0v) is 4.59. The Morgan fingerprint density at radius 3 is 2.50 bits per heavy atom. The molecule has 0 aliphatic heterocycles. The molecule has 0 spiro atoms. The van der Waals surface area contributed by atoms with E-state index in [-0.39, 0.29) is 0 Å². The fourth-order valence-electron chi connectivity index (χ4n) is 0.279. The summed E-state index contributed by atoms with van der Waals surface area (Å²) in [7, 11) is 0. The summed E-state index contributed by atoms with van der Waals surface area (Å²) in [5.41, 5.74) is 0. The zero-order chi connectivity index (χ0) is 6.57. The molecule has 0 aliphatic carbocycles. The van der Waals surface area contributed by atoms with Gasteiger partial charge in [0.15, 0.2) is 0 Å². The molecule has 0 fully saturated rings. The first kappa shape index (κ1) is 7.39. The molecule has 4 heteroatoms. The SMILES string of the molecule is CC(O)NC(=O)CO. The van der Waals surface area contributed by atoms with Crippen LogP contribution < -0.4 is 5.32 Å². The van der Waals surface area contributed by atoms with E-state index in [2.05, 4.69) is 5.32 Å². The van der Waals surface area contributed by atoms with Crippen LogP contribution >= 0.6 is 0 Å². The maximum absolute atomic E-state index is 10.1. The molecule has 0 rings (SSSR count). The van der Waals surface area contributed by atoms with Gasteiger partial charge in [-0.05, 0) is 6.92 Å². The lowest BCUT2D eigenvalue weighted by Crippen LogP contribution is -2.33. The average Bonchev–Trinajstić information content (AvgIpc) is 1.65. The molecule has 0 radical (unpaired) electrons. The van der Waals surface area contributed by atoms with Crippen molar-refractivity contribution in [3.63, 3.8) is 0 Å². The summed E-state index contributed by atoms with van der Waals surface area (Å²) >= 11 is 0. The Morgan fingerprint density at radius 1 is 1.88 bits per heavy atom. The molecule has 0 heterocycles. The van der Waals surface area contributed by atoms with Crippen molar-refractivity contribution in [3.8, 4) is 0 Å². The van der Waals surface area contributed by atoms with Gasteiger partial charge in [0.25, 0.3) is 0 Å². The van der Waals surface area contributed by atoms with Gasteiger partial charge in [0.1, 0.15) is 12.8 Å². The van der Waals surface area contributed by atoms with Crippen LogP contribution in [0.4, 0.5) is 0 Å². The van der Waals surface area contributed by atoms with Crippen LogP contribution in [0.25, 0.3) is 0 Å². The Labute approximate surface area is 47.1 Å². The van der Waals surface area contributed by atoms with Crippen LogP contribution in [-0.4, -0.2) is 29.0 Å². The summed E-state index contributed by atoms with van der Waals surface area (Å²) in [6.45, 7) is 0.818. The Balaban J connectivity index is 3.25. The average molecular weight is 119 g/mol. The number of rotatable bonds is 2. The number of hydrogen-bond donors (Lipinski definition) is 3. The number of aliphatic hydroxyl groups excluding tert-OH is 2. The summed E-state index contributed by atoms with van der Waals surface area (Å²) in [5.74, 6) is -0.569. The summed E-state index contributed by atoms with van der Waals surface area (Å²) in [6, 6.07) is 0. The van der Waals surface area contributed by atoms with Gasteiger partial charge in [-0.3, -0.25) is 4.79 Å². The number of carbonyl (C=O) groups is 1. The normalized spacial score (nSPS) is 12.9. The first-order valence-corrected chi connectivity index (χ1v) is 2.25. The summed E-state index contributed by atoms with van der Waals surface area (Å²) in [5, 5.41) is 18.5. The van der Waals surface area contributed by atoms with E-state index in [9.17, 15) is 4.79 Å². The summed E-state index contributed by atoms with van der Waals surface area (Å²) in [4.78, 5) is 10.1. The highest BCUT2D eigenvalue weighted by Crippen LogP contribution is 1.69. The molecule has 0 aromatic rings. The quantitative estimate of drug-likeness (QED) is 0.385. The second-order valence-electron chi connectivity index (χ2n) is 1.40. The van der Waals surface area contributed by atoms with Gasteiger partial charge in [0.2, 0.25) is 5.91 Å². The number of hydrogen-bond acceptors (Lipinski definition) is 3. The van der Waals surface area contributed by atoms with E-state index in [4.69, 9.17) is 10.2 Å². The highest BCUT2D eigenvalue weighted by Gasteiger charge is 1.98. The lowest BCUT2D eigenvalue weighted by molar-refractivity contribution is -0.126. The highest BCUT2D eigenvalue weighted by atomic mass is 16.3. The van der Waals surface area contributed by atoms with Crippen molar-refractivity contribution in [1.29, 1.82) is 0 Å². The molecule has 8 heavy (non-hydrogen) atoms. The number of aliphatic hydroxyl groups is 2. The lowest BCUT2D eigenvalue weighted by atomic mass is 10.6. The second-order valence-corrected chi connectivity index (χ2v) is 1.40. The predicted molar refractivity (Wildman–Crippen MR) is 26.9 cm³/mol. The Bertz CT molecular complexity index is 81.4. The third kappa shape index (κ3) is 3.58. The molecule has 0 bridgehead atoms. The molecule has 1 unspecified atom stereocenters. The maximum Gasteiger partial charge on any atom is 0.247 e. The van der Waals surface area contributed by atoms with Crippen LogP contribution in [0.15, 0.2) is 0 Å². The fourth-order valence-corrected chi connectivity index (χ4v) is 0.279. The molecular weight excluding hydrogens is 110 g/mol. The monoisotopic (exact) mass is 119 g/mol. The zero-order valence-electron chi connectivity index (χ0n) is 4.59. The van der Waals surface area contributed by atoms with Crippen LogP contribution in [0.5, 0.6) is 0 Å². The maximum atomic E-state index is 10.1. The van der Waals surface area contributed by atoms with Gasteiger partial charge in [-0.15, -0.1) is 0 Å². The molecule has 1 atom stereocenters. The standard InChI is InChI=1S/C4H9NO3/c1-3(7)5-4(8)2-6/h3,6-7H,2H2,1H3,(H,5,8). The van der Waals surface area contributed by atoms with Crippen LogP contribution in [0, 0.1) is 0 Å². The molecule has 0 aliphatic rings. The van der Waals surface area contributed by atoms with Crippen LogP contribution in [0.2, 0.25) is 0 Å². The van der Waals surface area contributed by atoms with Crippen molar-refractivity contribution in [2.45, 2.75) is 13.2 Å². The van der Waals surface area contributed by atoms with E-state index < -0.39 is 18.7 Å². The van der Waals surface area contributed by atoms with Crippen LogP contribution in [0.1, 0.15) is 6.92 Å². The van der Waals surface area contributed by atoms with E-state index in [1.807, 2.05) is 0 Å². The first-order chi connectivity index (χ1) is 3.66. The van der Waals surface area contributed by atoms with Crippen molar-refractivity contribution < 1.29 is 15.0 Å². The molecule has 0 saturated heterocycles. The summed E-state index contributed by atoms with van der Waals surface area (Å²) < 4.78 is 0. The minimum Gasteiger partial charge on any atom is -0.387 e. The number of amides is 1. The minimum atomic E-state index is -0.880. The van der Waals surface area contributed by atoms with Crippen molar-refractivity contribution >= 4 is 5.91 Å². The smallest absolute Gasteiger partial charge is 0.247 e. The molecule has 0 aromatic carbocycles. The predicted octanol–water partition coefficient (Wildman–Crippen LogP) is -1.57. The third-order valence-electron chi connectivity index (χ3n) is 0.513. The second kappa shape index (κ2) is 3.40. The Morgan fingerprint density at radius 2 is 2.38 bits per heavy atom. The van der Waals surface area contributed by atoms with Gasteiger partial charge in [-0.1, -0.05) is 0 Å². The molecule has 4 nitrogen and oxygen atoms in total. The van der Waals surface area contributed by atoms with E-state index >= 15 is 0 Å². The minimum absolute atomic E-state index is 0.569. The summed E-state index contributed by atoms with van der Waals surface area (Å²) in [6.07, 6.45) is -0.880. The molecule has 48 valence electrons. The van der Waals surface area contributed by atoms with Gasteiger partial charge in [-0.2, -0.15) is 0 Å². The third-order valence-corrected chi connectivity index (χ3v) is 0.513. The van der Waals surface area contributed by atoms with Gasteiger partial charge < -0.3 is 15.5 Å². The van der Waals surface area contributed by atoms with Gasteiger partial charge in [0.05, 0.1) is 0 Å². The van der Waals surface area contributed by atoms with Crippen molar-refractivity contribution in [1.82, 2.24) is 5.32 Å². The van der Waals surface area contributed by atoms with E-state index in [0.717, 1.165) is 0 Å². The topological polar surface area (TPSA) is 69.6 Å². The van der Waals surface area contributed by atoms with Crippen LogP contribution in [-0.2, 0) is 4.79 Å². The molecule has 1 amide bonds. The lowest BCUT2D eigenvalue weighted by Gasteiger charge is -2.03. The number of carbonyl (C=O) groups excluding carboxylic acids is 1. The van der Waals surface area contributed by atoms with Gasteiger partial charge >= 0.3 is 0 Å².